The average Bonchev–Trinajstić information content (AvgIpc) is 2.50. The predicted octanol–water partition coefficient (Wildman–Crippen LogP) is 2.48. The number of phenols is 2. The quantitative estimate of drug-likeness (QED) is 0.616. The van der Waals surface area contributed by atoms with E-state index in [1.165, 1.54) is 23.3 Å². The summed E-state index contributed by atoms with van der Waals surface area (Å²) in [6.45, 7) is 3.18. The molecule has 0 amide bonds. The van der Waals surface area contributed by atoms with E-state index in [2.05, 4.69) is 24.4 Å². The van der Waals surface area contributed by atoms with Gasteiger partial charge in [-0.2, -0.15) is 0 Å². The summed E-state index contributed by atoms with van der Waals surface area (Å²) in [5, 5.41) is 32.0. The Morgan fingerprint density at radius 2 is 1.71 bits per heavy atom. The van der Waals surface area contributed by atoms with E-state index in [0.717, 1.165) is 6.42 Å². The molecule has 4 nitrogen and oxygen atoms in total. The van der Waals surface area contributed by atoms with Crippen LogP contribution in [-0.4, -0.2) is 21.9 Å². The number of phenolic OH excluding ortho intramolecular Hbond substituents is 2. The minimum Gasteiger partial charge on any atom is -0.504 e. The fourth-order valence-corrected chi connectivity index (χ4v) is 2.28. The second-order valence-corrected chi connectivity index (χ2v) is 5.02. The lowest BCUT2D eigenvalue weighted by Crippen LogP contribution is -2.21. The molecule has 2 rings (SSSR count). The first kappa shape index (κ1) is 15.4. The summed E-state index contributed by atoms with van der Waals surface area (Å²) >= 11 is 0. The molecule has 2 aromatic carbocycles. The first-order chi connectivity index (χ1) is 10.1. The van der Waals surface area contributed by atoms with Gasteiger partial charge in [0.15, 0.2) is 11.5 Å². The van der Waals surface area contributed by atoms with Crippen molar-refractivity contribution < 1.29 is 15.3 Å². The summed E-state index contributed by atoms with van der Waals surface area (Å²) in [6.07, 6.45) is 0.247. The maximum absolute atomic E-state index is 10.1. The van der Waals surface area contributed by atoms with Gasteiger partial charge in [-0.1, -0.05) is 37.3 Å². The van der Waals surface area contributed by atoms with Crippen molar-refractivity contribution in [1.82, 2.24) is 5.32 Å². The lowest BCUT2D eigenvalue weighted by atomic mass is 10.0. The number of hydrogen-bond acceptors (Lipinski definition) is 4. The molecule has 0 aliphatic heterocycles. The highest BCUT2D eigenvalue weighted by Crippen LogP contribution is 2.27. The molecule has 0 fully saturated rings. The van der Waals surface area contributed by atoms with Crippen LogP contribution in [0, 0.1) is 0 Å². The Bertz CT molecular complexity index is 598. The van der Waals surface area contributed by atoms with Crippen LogP contribution in [0.3, 0.4) is 0 Å². The van der Waals surface area contributed by atoms with Gasteiger partial charge in [0.2, 0.25) is 0 Å². The van der Waals surface area contributed by atoms with Gasteiger partial charge < -0.3 is 20.6 Å². The fourth-order valence-electron chi connectivity index (χ4n) is 2.28. The molecule has 0 saturated carbocycles. The smallest absolute Gasteiger partial charge is 0.157 e. The van der Waals surface area contributed by atoms with E-state index in [1.54, 1.807) is 6.07 Å². The SMILES string of the molecule is CCc1ccccc1CNCC(O)c1ccc(O)c(O)c1. The zero-order chi connectivity index (χ0) is 15.2. The van der Waals surface area contributed by atoms with Gasteiger partial charge in [0.1, 0.15) is 0 Å². The van der Waals surface area contributed by atoms with Gasteiger partial charge in [-0.3, -0.25) is 0 Å². The molecule has 0 aliphatic rings. The maximum Gasteiger partial charge on any atom is 0.157 e. The van der Waals surface area contributed by atoms with Crippen molar-refractivity contribution in [2.75, 3.05) is 6.54 Å². The van der Waals surface area contributed by atoms with Crippen molar-refractivity contribution in [2.24, 2.45) is 0 Å². The number of aryl methyl sites for hydroxylation is 1. The van der Waals surface area contributed by atoms with Crippen LogP contribution >= 0.6 is 0 Å². The van der Waals surface area contributed by atoms with E-state index in [9.17, 15) is 15.3 Å². The molecule has 112 valence electrons. The number of hydrogen-bond donors (Lipinski definition) is 4. The van der Waals surface area contributed by atoms with Gasteiger partial charge in [-0.15, -0.1) is 0 Å². The van der Waals surface area contributed by atoms with E-state index in [4.69, 9.17) is 0 Å². The van der Waals surface area contributed by atoms with Gasteiger partial charge >= 0.3 is 0 Å². The summed E-state index contributed by atoms with van der Waals surface area (Å²) < 4.78 is 0. The first-order valence-electron chi connectivity index (χ1n) is 7.09. The Morgan fingerprint density at radius 3 is 2.38 bits per heavy atom. The lowest BCUT2D eigenvalue weighted by molar-refractivity contribution is 0.174. The number of aliphatic hydroxyl groups excluding tert-OH is 1. The minimum atomic E-state index is -0.731. The molecule has 0 aromatic heterocycles. The highest BCUT2D eigenvalue weighted by molar-refractivity contribution is 5.41. The van der Waals surface area contributed by atoms with E-state index in [-0.39, 0.29) is 11.5 Å². The van der Waals surface area contributed by atoms with Crippen molar-refractivity contribution in [2.45, 2.75) is 26.0 Å². The molecule has 0 heterocycles. The number of nitrogens with one attached hydrogen (secondary N) is 1. The van der Waals surface area contributed by atoms with E-state index >= 15 is 0 Å². The zero-order valence-electron chi connectivity index (χ0n) is 12.1. The standard InChI is InChI=1S/C17H21NO3/c1-2-12-5-3-4-6-14(12)10-18-11-17(21)13-7-8-15(19)16(20)9-13/h3-9,17-21H,2,10-11H2,1H3. The van der Waals surface area contributed by atoms with Crippen molar-refractivity contribution in [1.29, 1.82) is 0 Å². The summed E-state index contributed by atoms with van der Waals surface area (Å²) in [6, 6.07) is 12.6. The van der Waals surface area contributed by atoms with Crippen molar-refractivity contribution in [3.63, 3.8) is 0 Å². The molecule has 0 aliphatic carbocycles. The van der Waals surface area contributed by atoms with Crippen LogP contribution < -0.4 is 5.32 Å². The van der Waals surface area contributed by atoms with E-state index in [0.29, 0.717) is 18.7 Å². The van der Waals surface area contributed by atoms with Crippen LogP contribution in [0.1, 0.15) is 29.7 Å². The molecule has 0 spiro atoms. The second kappa shape index (κ2) is 7.11. The molecule has 0 bridgehead atoms. The third-order valence-corrected chi connectivity index (χ3v) is 3.54. The number of aromatic hydroxyl groups is 2. The van der Waals surface area contributed by atoms with Gasteiger partial charge in [0.25, 0.3) is 0 Å². The largest absolute Gasteiger partial charge is 0.504 e. The third-order valence-electron chi connectivity index (χ3n) is 3.54. The molecule has 0 saturated heterocycles. The van der Waals surface area contributed by atoms with Crippen molar-refractivity contribution >= 4 is 0 Å². The summed E-state index contributed by atoms with van der Waals surface area (Å²) in [5.74, 6) is -0.404. The van der Waals surface area contributed by atoms with Gasteiger partial charge in [-0.05, 0) is 35.2 Å². The Kier molecular flexibility index (Phi) is 5.20. The summed E-state index contributed by atoms with van der Waals surface area (Å²) in [4.78, 5) is 0. The van der Waals surface area contributed by atoms with Crippen LogP contribution in [0.25, 0.3) is 0 Å². The molecule has 1 unspecified atom stereocenters. The average molecular weight is 287 g/mol. The monoisotopic (exact) mass is 287 g/mol. The zero-order valence-corrected chi connectivity index (χ0v) is 12.1. The van der Waals surface area contributed by atoms with Crippen molar-refractivity contribution in [3.05, 3.63) is 59.2 Å². The second-order valence-electron chi connectivity index (χ2n) is 5.02. The highest BCUT2D eigenvalue weighted by atomic mass is 16.3. The Morgan fingerprint density at radius 1 is 1.00 bits per heavy atom. The van der Waals surface area contributed by atoms with Gasteiger partial charge in [-0.25, -0.2) is 0 Å². The molecule has 0 radical (unpaired) electrons. The van der Waals surface area contributed by atoms with Crippen LogP contribution in [0.5, 0.6) is 11.5 Å². The molecule has 4 N–H and O–H groups in total. The number of rotatable bonds is 6. The normalized spacial score (nSPS) is 12.3. The number of benzene rings is 2. The summed E-state index contributed by atoms with van der Waals surface area (Å²) in [7, 11) is 0. The Hall–Kier alpha value is -2.04. The minimum absolute atomic E-state index is 0.184. The molecule has 2 aromatic rings. The lowest BCUT2D eigenvalue weighted by Gasteiger charge is -2.14. The van der Waals surface area contributed by atoms with Crippen LogP contribution in [-0.2, 0) is 13.0 Å². The Balaban J connectivity index is 1.92. The van der Waals surface area contributed by atoms with Gasteiger partial charge in [0, 0.05) is 13.1 Å². The van der Waals surface area contributed by atoms with E-state index in [1.807, 2.05) is 12.1 Å². The predicted molar refractivity (Wildman–Crippen MR) is 82.3 cm³/mol. The number of aliphatic hydroxyl groups is 1. The van der Waals surface area contributed by atoms with Crippen LogP contribution in [0.4, 0.5) is 0 Å². The maximum atomic E-state index is 10.1. The fraction of sp³-hybridized carbons (Fsp3) is 0.294. The first-order valence-corrected chi connectivity index (χ1v) is 7.09. The van der Waals surface area contributed by atoms with Crippen LogP contribution in [0.15, 0.2) is 42.5 Å². The molecule has 1 atom stereocenters. The molecule has 21 heavy (non-hydrogen) atoms. The highest BCUT2D eigenvalue weighted by Gasteiger charge is 2.10. The van der Waals surface area contributed by atoms with Crippen LogP contribution in [0.2, 0.25) is 0 Å². The van der Waals surface area contributed by atoms with E-state index < -0.39 is 6.10 Å². The van der Waals surface area contributed by atoms with Crippen molar-refractivity contribution in [3.8, 4) is 11.5 Å². The summed E-state index contributed by atoms with van der Waals surface area (Å²) in [5.41, 5.74) is 3.09. The van der Waals surface area contributed by atoms with Gasteiger partial charge in [0.05, 0.1) is 6.10 Å². The Labute approximate surface area is 124 Å². The topological polar surface area (TPSA) is 72.7 Å². The molecular formula is C17H21NO3. The third kappa shape index (κ3) is 3.97. The molecule has 4 heteroatoms. The molecular weight excluding hydrogens is 266 g/mol.